The monoisotopic (exact) mass is 344 g/mol. The molecule has 0 unspecified atom stereocenters. The van der Waals surface area contributed by atoms with Crippen LogP contribution in [-0.4, -0.2) is 31.6 Å². The first-order valence-corrected chi connectivity index (χ1v) is 7.71. The van der Waals surface area contributed by atoms with Gasteiger partial charge in [0.1, 0.15) is 5.75 Å². The van der Waals surface area contributed by atoms with Gasteiger partial charge in [-0.15, -0.1) is 0 Å². The lowest BCUT2D eigenvalue weighted by Crippen LogP contribution is -2.35. The summed E-state index contributed by atoms with van der Waals surface area (Å²) in [5.74, 6) is -0.570. The van der Waals surface area contributed by atoms with Crippen molar-refractivity contribution in [3.05, 3.63) is 48.3 Å². The molecule has 0 fully saturated rings. The van der Waals surface area contributed by atoms with Gasteiger partial charge >= 0.3 is 0 Å². The van der Waals surface area contributed by atoms with Crippen LogP contribution in [0.1, 0.15) is 6.92 Å². The predicted octanol–water partition coefficient (Wildman–Crippen LogP) is 2.59. The summed E-state index contributed by atoms with van der Waals surface area (Å²) < 4.78 is 24.3. The lowest BCUT2D eigenvalue weighted by Gasteiger charge is -2.26. The van der Waals surface area contributed by atoms with E-state index in [1.807, 2.05) is 0 Å². The minimum Gasteiger partial charge on any atom is -0.482 e. The number of nitrogens with one attached hydrogen (secondary N) is 1. The first-order chi connectivity index (χ1) is 12.0. The van der Waals surface area contributed by atoms with Crippen molar-refractivity contribution in [2.45, 2.75) is 13.0 Å². The van der Waals surface area contributed by atoms with Crippen molar-refractivity contribution in [3.63, 3.8) is 0 Å². The van der Waals surface area contributed by atoms with Crippen molar-refractivity contribution < 1.29 is 23.5 Å². The van der Waals surface area contributed by atoms with Crippen LogP contribution in [0.3, 0.4) is 0 Å². The molecule has 0 radical (unpaired) electrons. The number of hydrogen-bond donors (Lipinski definition) is 1. The Kier molecular flexibility index (Phi) is 4.56. The number of halogens is 1. The normalized spacial score (nSPS) is 14.4. The van der Waals surface area contributed by atoms with E-state index in [2.05, 4.69) is 5.32 Å². The molecule has 1 aliphatic heterocycles. The molecule has 1 aliphatic rings. The summed E-state index contributed by atoms with van der Waals surface area (Å²) in [6.45, 7) is 1.52. The molecule has 6 nitrogen and oxygen atoms in total. The van der Waals surface area contributed by atoms with Gasteiger partial charge in [0, 0.05) is 12.7 Å². The molecule has 2 aromatic rings. The molecule has 1 N–H and O–H groups in total. The zero-order valence-corrected chi connectivity index (χ0v) is 13.8. The number of amides is 2. The molecule has 0 aromatic heterocycles. The molecule has 1 atom stereocenters. The Morgan fingerprint density at radius 3 is 2.84 bits per heavy atom. The number of ether oxygens (including phenoxy) is 2. The van der Waals surface area contributed by atoms with E-state index in [4.69, 9.17) is 9.47 Å². The first kappa shape index (κ1) is 16.8. The van der Waals surface area contributed by atoms with Gasteiger partial charge in [-0.3, -0.25) is 9.59 Å². The zero-order valence-electron chi connectivity index (χ0n) is 13.8. The van der Waals surface area contributed by atoms with Crippen LogP contribution in [0.15, 0.2) is 42.5 Å². The Morgan fingerprint density at radius 2 is 2.08 bits per heavy atom. The maximum Gasteiger partial charge on any atom is 0.265 e. The molecule has 130 valence electrons. The highest BCUT2D eigenvalue weighted by atomic mass is 19.1. The number of fused-ring (bicyclic) bond motifs is 1. The van der Waals surface area contributed by atoms with Crippen LogP contribution in [0.25, 0.3) is 0 Å². The second kappa shape index (κ2) is 6.80. The maximum absolute atomic E-state index is 13.6. The van der Waals surface area contributed by atoms with Gasteiger partial charge in [0.05, 0.1) is 5.69 Å². The van der Waals surface area contributed by atoms with E-state index in [0.717, 1.165) is 0 Å². The highest BCUT2D eigenvalue weighted by Gasteiger charge is 2.23. The standard InChI is InChI=1S/C18H17FN2O4/c1-11(25-15-6-4-3-5-13(15)19)18(23)20-12-7-8-16-14(9-12)21(2)17(22)10-24-16/h3-9,11H,10H2,1-2H3,(H,20,23)/t11-/m0/s1. The predicted molar refractivity (Wildman–Crippen MR) is 90.5 cm³/mol. The molecule has 0 bridgehead atoms. The number of para-hydroxylation sites is 1. The summed E-state index contributed by atoms with van der Waals surface area (Å²) in [5, 5.41) is 2.69. The van der Waals surface area contributed by atoms with E-state index in [9.17, 15) is 14.0 Å². The minimum atomic E-state index is -0.899. The van der Waals surface area contributed by atoms with Crippen LogP contribution < -0.4 is 19.7 Å². The second-order valence-corrected chi connectivity index (χ2v) is 5.60. The number of nitrogens with zero attached hydrogens (tertiary/aromatic N) is 1. The summed E-state index contributed by atoms with van der Waals surface area (Å²) in [6.07, 6.45) is -0.899. The van der Waals surface area contributed by atoms with E-state index in [1.54, 1.807) is 37.4 Å². The molecule has 0 aliphatic carbocycles. The molecular formula is C18H17FN2O4. The molecule has 7 heteroatoms. The van der Waals surface area contributed by atoms with Gasteiger partial charge in [-0.1, -0.05) is 12.1 Å². The van der Waals surface area contributed by atoms with Gasteiger partial charge in [-0.2, -0.15) is 0 Å². The molecule has 2 amide bonds. The van der Waals surface area contributed by atoms with Gasteiger partial charge in [0.2, 0.25) is 0 Å². The molecule has 25 heavy (non-hydrogen) atoms. The second-order valence-electron chi connectivity index (χ2n) is 5.60. The number of benzene rings is 2. The van der Waals surface area contributed by atoms with Crippen LogP contribution in [-0.2, 0) is 9.59 Å². The topological polar surface area (TPSA) is 67.9 Å². The Hall–Kier alpha value is -3.09. The van der Waals surface area contributed by atoms with Crippen LogP contribution in [0.2, 0.25) is 0 Å². The third-order valence-corrected chi connectivity index (χ3v) is 3.82. The number of hydrogen-bond acceptors (Lipinski definition) is 4. The van der Waals surface area contributed by atoms with Crippen LogP contribution >= 0.6 is 0 Å². The van der Waals surface area contributed by atoms with Crippen molar-refractivity contribution in [2.75, 3.05) is 23.9 Å². The Bertz CT molecular complexity index is 824. The van der Waals surface area contributed by atoms with Gasteiger partial charge in [-0.05, 0) is 37.3 Å². The van der Waals surface area contributed by atoms with E-state index < -0.39 is 17.8 Å². The lowest BCUT2D eigenvalue weighted by molar-refractivity contribution is -0.122. The number of likely N-dealkylation sites (N-methyl/N-ethyl adjacent to an activating group) is 1. The van der Waals surface area contributed by atoms with Gasteiger partial charge in [0.15, 0.2) is 24.3 Å². The fourth-order valence-electron chi connectivity index (χ4n) is 2.38. The van der Waals surface area contributed by atoms with Crippen LogP contribution in [0.4, 0.5) is 15.8 Å². The molecule has 2 aromatic carbocycles. The lowest BCUT2D eigenvalue weighted by atomic mass is 10.2. The number of anilines is 2. The third kappa shape index (κ3) is 3.55. The molecule has 1 heterocycles. The summed E-state index contributed by atoms with van der Waals surface area (Å²) in [5.41, 5.74) is 1.05. The van der Waals surface area contributed by atoms with Crippen LogP contribution in [0, 0.1) is 5.82 Å². The van der Waals surface area contributed by atoms with E-state index in [1.165, 1.54) is 24.0 Å². The van der Waals surface area contributed by atoms with Crippen LogP contribution in [0.5, 0.6) is 11.5 Å². The minimum absolute atomic E-state index is 0.00863. The summed E-state index contributed by atoms with van der Waals surface area (Å²) in [4.78, 5) is 25.4. The highest BCUT2D eigenvalue weighted by Crippen LogP contribution is 2.33. The molecule has 3 rings (SSSR count). The molecule has 0 spiro atoms. The van der Waals surface area contributed by atoms with Gasteiger partial charge in [-0.25, -0.2) is 4.39 Å². The van der Waals surface area contributed by atoms with Gasteiger partial charge in [0.25, 0.3) is 11.8 Å². The fraction of sp³-hybridized carbons (Fsp3) is 0.222. The number of rotatable bonds is 4. The third-order valence-electron chi connectivity index (χ3n) is 3.82. The Labute approximate surface area is 144 Å². The number of carbonyl (C=O) groups is 2. The largest absolute Gasteiger partial charge is 0.482 e. The quantitative estimate of drug-likeness (QED) is 0.926. The SMILES string of the molecule is C[C@H](Oc1ccccc1F)C(=O)Nc1ccc2c(c1)N(C)C(=O)CO2. The van der Waals surface area contributed by atoms with E-state index in [0.29, 0.717) is 17.1 Å². The summed E-state index contributed by atoms with van der Waals surface area (Å²) in [6, 6.07) is 10.9. The molecular weight excluding hydrogens is 327 g/mol. The average molecular weight is 344 g/mol. The van der Waals surface area contributed by atoms with Gasteiger partial charge < -0.3 is 19.7 Å². The summed E-state index contributed by atoms with van der Waals surface area (Å²) >= 11 is 0. The Balaban J connectivity index is 1.71. The average Bonchev–Trinajstić information content (AvgIpc) is 2.60. The summed E-state index contributed by atoms with van der Waals surface area (Å²) in [7, 11) is 1.64. The Morgan fingerprint density at radius 1 is 1.32 bits per heavy atom. The molecule has 0 saturated carbocycles. The maximum atomic E-state index is 13.6. The van der Waals surface area contributed by atoms with Crippen molar-refractivity contribution in [3.8, 4) is 11.5 Å². The smallest absolute Gasteiger partial charge is 0.265 e. The van der Waals surface area contributed by atoms with Crippen molar-refractivity contribution in [1.29, 1.82) is 0 Å². The van der Waals surface area contributed by atoms with E-state index >= 15 is 0 Å². The van der Waals surface area contributed by atoms with Crippen molar-refractivity contribution in [2.24, 2.45) is 0 Å². The van der Waals surface area contributed by atoms with Crippen molar-refractivity contribution >= 4 is 23.2 Å². The highest BCUT2D eigenvalue weighted by molar-refractivity contribution is 5.99. The van der Waals surface area contributed by atoms with Crippen molar-refractivity contribution in [1.82, 2.24) is 0 Å². The number of carbonyl (C=O) groups excluding carboxylic acids is 2. The molecule has 0 saturated heterocycles. The first-order valence-electron chi connectivity index (χ1n) is 7.71. The fourth-order valence-corrected chi connectivity index (χ4v) is 2.38. The van der Waals surface area contributed by atoms with E-state index in [-0.39, 0.29) is 18.3 Å². The zero-order chi connectivity index (χ0) is 18.0.